The molecule has 0 aromatic heterocycles. The standard InChI is InChI=1S/C12H20N2O3/c15-10(16)12(7-3-1-2-4-8-12)14-11(17)13-9-5-6-9/h9H,1-8H2,(H,15,16)(H2,13,14,17). The number of carboxylic acids is 1. The van der Waals surface area contributed by atoms with Crippen molar-refractivity contribution < 1.29 is 14.7 Å². The number of hydrogen-bond donors (Lipinski definition) is 3. The van der Waals surface area contributed by atoms with Gasteiger partial charge in [-0.15, -0.1) is 0 Å². The third-order valence-electron chi connectivity index (χ3n) is 3.63. The number of carbonyl (C=O) groups is 2. The fourth-order valence-electron chi connectivity index (χ4n) is 2.39. The first-order chi connectivity index (χ1) is 8.12. The molecule has 0 radical (unpaired) electrons. The van der Waals surface area contributed by atoms with Crippen LogP contribution in [0.2, 0.25) is 0 Å². The van der Waals surface area contributed by atoms with Gasteiger partial charge in [0.25, 0.3) is 0 Å². The van der Waals surface area contributed by atoms with E-state index >= 15 is 0 Å². The Morgan fingerprint density at radius 1 is 1.06 bits per heavy atom. The van der Waals surface area contributed by atoms with E-state index in [9.17, 15) is 14.7 Å². The van der Waals surface area contributed by atoms with Crippen molar-refractivity contribution in [2.75, 3.05) is 0 Å². The predicted octanol–water partition coefficient (Wildman–Crippen LogP) is 1.63. The van der Waals surface area contributed by atoms with E-state index in [4.69, 9.17) is 0 Å². The number of urea groups is 1. The maximum absolute atomic E-state index is 11.7. The van der Waals surface area contributed by atoms with E-state index in [0.717, 1.165) is 38.5 Å². The number of carboxylic acid groups (broad SMARTS) is 1. The lowest BCUT2D eigenvalue weighted by Gasteiger charge is -2.29. The van der Waals surface area contributed by atoms with Crippen molar-refractivity contribution in [3.05, 3.63) is 0 Å². The minimum Gasteiger partial charge on any atom is -0.480 e. The molecule has 17 heavy (non-hydrogen) atoms. The highest BCUT2D eigenvalue weighted by Gasteiger charge is 2.40. The van der Waals surface area contributed by atoms with Crippen molar-refractivity contribution in [2.45, 2.75) is 62.9 Å². The molecule has 2 fully saturated rings. The zero-order valence-electron chi connectivity index (χ0n) is 10.00. The number of hydrogen-bond acceptors (Lipinski definition) is 2. The second kappa shape index (κ2) is 4.94. The molecule has 0 unspecified atom stereocenters. The summed E-state index contributed by atoms with van der Waals surface area (Å²) in [5, 5.41) is 14.9. The van der Waals surface area contributed by atoms with Gasteiger partial charge in [-0.25, -0.2) is 9.59 Å². The number of carbonyl (C=O) groups excluding carboxylic acids is 1. The zero-order valence-corrected chi connectivity index (χ0v) is 10.00. The van der Waals surface area contributed by atoms with Gasteiger partial charge in [-0.2, -0.15) is 0 Å². The molecule has 5 heteroatoms. The van der Waals surface area contributed by atoms with Crippen LogP contribution in [0.5, 0.6) is 0 Å². The number of nitrogens with one attached hydrogen (secondary N) is 2. The minimum atomic E-state index is -1.05. The molecule has 2 amide bonds. The third kappa shape index (κ3) is 3.11. The van der Waals surface area contributed by atoms with E-state index in [1.165, 1.54) is 0 Å². The van der Waals surface area contributed by atoms with E-state index in [1.54, 1.807) is 0 Å². The minimum absolute atomic E-state index is 0.256. The van der Waals surface area contributed by atoms with Crippen LogP contribution in [-0.4, -0.2) is 28.7 Å². The fraction of sp³-hybridized carbons (Fsp3) is 0.833. The summed E-state index contributed by atoms with van der Waals surface area (Å²) in [7, 11) is 0. The van der Waals surface area contributed by atoms with Crippen molar-refractivity contribution in [1.29, 1.82) is 0 Å². The lowest BCUT2D eigenvalue weighted by molar-refractivity contribution is -0.145. The Morgan fingerprint density at radius 2 is 1.65 bits per heavy atom. The zero-order chi connectivity index (χ0) is 12.3. The second-order valence-corrected chi connectivity index (χ2v) is 5.17. The SMILES string of the molecule is O=C(NC1CC1)NC1(C(=O)O)CCCCCC1. The summed E-state index contributed by atoms with van der Waals surface area (Å²) in [6.07, 6.45) is 6.95. The monoisotopic (exact) mass is 240 g/mol. The van der Waals surface area contributed by atoms with E-state index in [1.807, 2.05) is 0 Å². The maximum Gasteiger partial charge on any atom is 0.329 e. The topological polar surface area (TPSA) is 78.4 Å². The molecule has 2 rings (SSSR count). The maximum atomic E-state index is 11.7. The largest absolute Gasteiger partial charge is 0.480 e. The van der Waals surface area contributed by atoms with Gasteiger partial charge in [-0.05, 0) is 25.7 Å². The van der Waals surface area contributed by atoms with E-state index < -0.39 is 11.5 Å². The Balaban J connectivity index is 1.98. The third-order valence-corrected chi connectivity index (χ3v) is 3.63. The summed E-state index contributed by atoms with van der Waals surface area (Å²) < 4.78 is 0. The normalized spacial score (nSPS) is 23.5. The highest BCUT2D eigenvalue weighted by Crippen LogP contribution is 2.27. The van der Waals surface area contributed by atoms with Gasteiger partial charge in [-0.1, -0.05) is 25.7 Å². The Kier molecular flexibility index (Phi) is 3.54. The quantitative estimate of drug-likeness (QED) is 0.656. The first-order valence-electron chi connectivity index (χ1n) is 6.44. The van der Waals surface area contributed by atoms with Crippen molar-refractivity contribution in [1.82, 2.24) is 10.6 Å². The second-order valence-electron chi connectivity index (χ2n) is 5.17. The molecule has 0 aromatic carbocycles. The molecule has 2 aliphatic rings. The van der Waals surface area contributed by atoms with E-state index in [2.05, 4.69) is 10.6 Å². The van der Waals surface area contributed by atoms with Crippen LogP contribution in [0, 0.1) is 0 Å². The van der Waals surface area contributed by atoms with Crippen LogP contribution in [0.4, 0.5) is 4.79 Å². The van der Waals surface area contributed by atoms with Gasteiger partial charge < -0.3 is 15.7 Å². The summed E-state index contributed by atoms with van der Waals surface area (Å²) in [5.41, 5.74) is -1.05. The first kappa shape index (κ1) is 12.2. The highest BCUT2D eigenvalue weighted by molar-refractivity contribution is 5.86. The molecular formula is C12H20N2O3. The molecular weight excluding hydrogens is 220 g/mol. The summed E-state index contributed by atoms with van der Waals surface area (Å²) in [6, 6.07) is -0.0663. The van der Waals surface area contributed by atoms with Crippen LogP contribution >= 0.6 is 0 Å². The average Bonchev–Trinajstić information content (AvgIpc) is 3.05. The molecule has 0 saturated heterocycles. The van der Waals surface area contributed by atoms with Crippen molar-refractivity contribution in [3.8, 4) is 0 Å². The molecule has 0 heterocycles. The van der Waals surface area contributed by atoms with Crippen LogP contribution in [0.25, 0.3) is 0 Å². The smallest absolute Gasteiger partial charge is 0.329 e. The lowest BCUT2D eigenvalue weighted by Crippen LogP contribution is -2.57. The van der Waals surface area contributed by atoms with Gasteiger partial charge in [0.15, 0.2) is 0 Å². The lowest BCUT2D eigenvalue weighted by atomic mass is 9.90. The van der Waals surface area contributed by atoms with Crippen molar-refractivity contribution in [3.63, 3.8) is 0 Å². The van der Waals surface area contributed by atoms with Gasteiger partial charge in [0.2, 0.25) is 0 Å². The van der Waals surface area contributed by atoms with Gasteiger partial charge in [-0.3, -0.25) is 0 Å². The van der Waals surface area contributed by atoms with Crippen molar-refractivity contribution >= 4 is 12.0 Å². The Hall–Kier alpha value is -1.26. The molecule has 0 spiro atoms. The molecule has 0 aromatic rings. The number of rotatable bonds is 3. The Labute approximate surface area is 101 Å². The molecule has 3 N–H and O–H groups in total. The molecule has 0 atom stereocenters. The molecule has 2 aliphatic carbocycles. The molecule has 0 aliphatic heterocycles. The highest BCUT2D eigenvalue weighted by atomic mass is 16.4. The predicted molar refractivity (Wildman–Crippen MR) is 62.8 cm³/mol. The summed E-state index contributed by atoms with van der Waals surface area (Å²) in [4.78, 5) is 23.1. The molecule has 2 saturated carbocycles. The van der Waals surface area contributed by atoms with Crippen LogP contribution in [-0.2, 0) is 4.79 Å². The van der Waals surface area contributed by atoms with Gasteiger partial charge in [0.1, 0.15) is 5.54 Å². The molecule has 0 bridgehead atoms. The first-order valence-corrected chi connectivity index (χ1v) is 6.44. The summed E-state index contributed by atoms with van der Waals surface area (Å²) in [5.74, 6) is -0.898. The van der Waals surface area contributed by atoms with Crippen molar-refractivity contribution in [2.24, 2.45) is 0 Å². The van der Waals surface area contributed by atoms with E-state index in [0.29, 0.717) is 12.8 Å². The number of amides is 2. The average molecular weight is 240 g/mol. The van der Waals surface area contributed by atoms with Gasteiger partial charge >= 0.3 is 12.0 Å². The van der Waals surface area contributed by atoms with Crippen LogP contribution < -0.4 is 10.6 Å². The van der Waals surface area contributed by atoms with Gasteiger partial charge in [0, 0.05) is 6.04 Å². The summed E-state index contributed by atoms with van der Waals surface area (Å²) >= 11 is 0. The summed E-state index contributed by atoms with van der Waals surface area (Å²) in [6.45, 7) is 0. The fourth-order valence-corrected chi connectivity index (χ4v) is 2.39. The van der Waals surface area contributed by atoms with E-state index in [-0.39, 0.29) is 12.1 Å². The molecule has 96 valence electrons. The van der Waals surface area contributed by atoms with Crippen LogP contribution in [0.1, 0.15) is 51.4 Å². The van der Waals surface area contributed by atoms with Crippen LogP contribution in [0.3, 0.4) is 0 Å². The van der Waals surface area contributed by atoms with Crippen LogP contribution in [0.15, 0.2) is 0 Å². The molecule has 5 nitrogen and oxygen atoms in total. The Bertz CT molecular complexity index is 305. The Morgan fingerprint density at radius 3 is 2.12 bits per heavy atom. The number of aliphatic carboxylic acids is 1. The van der Waals surface area contributed by atoms with Gasteiger partial charge in [0.05, 0.1) is 0 Å².